The maximum Gasteiger partial charge on any atom is 0.234 e. The van der Waals surface area contributed by atoms with E-state index in [9.17, 15) is 9.59 Å². The van der Waals surface area contributed by atoms with E-state index in [2.05, 4.69) is 5.32 Å². The Morgan fingerprint density at radius 2 is 1.60 bits per heavy atom. The average Bonchev–Trinajstić information content (AvgIpc) is 2.59. The number of amides is 2. The van der Waals surface area contributed by atoms with Gasteiger partial charge in [-0.3, -0.25) is 14.5 Å². The number of carbonyl (C=O) groups is 2. The molecule has 1 aliphatic rings. The second kappa shape index (κ2) is 3.73. The molecule has 0 aromatic heterocycles. The van der Waals surface area contributed by atoms with Crippen LogP contribution < -0.4 is 10.2 Å². The monoisotopic (exact) mass is 204 g/mol. The van der Waals surface area contributed by atoms with Crippen molar-refractivity contribution >= 4 is 23.2 Å². The van der Waals surface area contributed by atoms with Crippen molar-refractivity contribution < 1.29 is 9.59 Å². The predicted molar refractivity (Wildman–Crippen MR) is 57.7 cm³/mol. The van der Waals surface area contributed by atoms with Gasteiger partial charge in [-0.1, -0.05) is 0 Å². The summed E-state index contributed by atoms with van der Waals surface area (Å²) in [6.07, 6.45) is 0.652. The van der Waals surface area contributed by atoms with E-state index in [0.717, 1.165) is 5.69 Å². The quantitative estimate of drug-likeness (QED) is 0.740. The van der Waals surface area contributed by atoms with Gasteiger partial charge in [-0.2, -0.15) is 0 Å². The normalized spacial score (nSPS) is 15.9. The zero-order valence-corrected chi connectivity index (χ0v) is 8.49. The first-order valence-corrected chi connectivity index (χ1v) is 4.86. The fraction of sp³-hybridized carbons (Fsp3) is 0.273. The molecular formula is C11H12N2O2. The van der Waals surface area contributed by atoms with Crippen LogP contribution >= 0.6 is 0 Å². The number of benzene rings is 1. The Hall–Kier alpha value is -1.84. The first-order chi connectivity index (χ1) is 7.22. The van der Waals surface area contributed by atoms with Crippen molar-refractivity contribution in [1.29, 1.82) is 0 Å². The lowest BCUT2D eigenvalue weighted by Crippen LogP contribution is -2.28. The number of imide groups is 1. The minimum absolute atomic E-state index is 0.114. The third-order valence-electron chi connectivity index (χ3n) is 2.47. The van der Waals surface area contributed by atoms with Crippen molar-refractivity contribution in [2.45, 2.75) is 12.8 Å². The molecule has 1 N–H and O–H groups in total. The van der Waals surface area contributed by atoms with Crippen LogP contribution in [0.25, 0.3) is 0 Å². The predicted octanol–water partition coefficient (Wildman–Crippen LogP) is 1.38. The van der Waals surface area contributed by atoms with Crippen molar-refractivity contribution in [3.8, 4) is 0 Å². The molecule has 1 saturated heterocycles. The number of anilines is 2. The van der Waals surface area contributed by atoms with Crippen molar-refractivity contribution in [2.24, 2.45) is 0 Å². The lowest BCUT2D eigenvalue weighted by Gasteiger charge is -2.13. The first kappa shape index (κ1) is 9.71. The summed E-state index contributed by atoms with van der Waals surface area (Å²) >= 11 is 0. The highest BCUT2D eigenvalue weighted by atomic mass is 16.2. The van der Waals surface area contributed by atoms with Gasteiger partial charge >= 0.3 is 0 Å². The Bertz CT molecular complexity index is 382. The molecule has 0 aliphatic carbocycles. The molecule has 0 bridgehead atoms. The fourth-order valence-electron chi connectivity index (χ4n) is 1.64. The molecule has 0 spiro atoms. The molecule has 2 rings (SSSR count). The minimum atomic E-state index is -0.114. The van der Waals surface area contributed by atoms with Crippen molar-refractivity contribution in [1.82, 2.24) is 0 Å². The van der Waals surface area contributed by atoms with E-state index in [-0.39, 0.29) is 11.8 Å². The van der Waals surface area contributed by atoms with E-state index in [4.69, 9.17) is 0 Å². The fourth-order valence-corrected chi connectivity index (χ4v) is 1.64. The molecule has 1 aliphatic heterocycles. The molecular weight excluding hydrogens is 192 g/mol. The van der Waals surface area contributed by atoms with Gasteiger partial charge in [-0.15, -0.1) is 0 Å². The summed E-state index contributed by atoms with van der Waals surface area (Å²) in [6, 6.07) is 7.22. The zero-order chi connectivity index (χ0) is 10.8. The number of carbonyl (C=O) groups excluding carboxylic acids is 2. The van der Waals surface area contributed by atoms with Gasteiger partial charge in [0.2, 0.25) is 11.8 Å². The molecule has 0 radical (unpaired) electrons. The molecule has 4 heteroatoms. The maximum absolute atomic E-state index is 11.4. The first-order valence-electron chi connectivity index (χ1n) is 4.86. The van der Waals surface area contributed by atoms with Gasteiger partial charge in [-0.25, -0.2) is 0 Å². The Morgan fingerprint density at radius 1 is 1.07 bits per heavy atom. The summed E-state index contributed by atoms with van der Waals surface area (Å²) in [7, 11) is 1.82. The highest BCUT2D eigenvalue weighted by molar-refractivity contribution is 6.19. The van der Waals surface area contributed by atoms with Crippen molar-refractivity contribution in [2.75, 3.05) is 17.3 Å². The summed E-state index contributed by atoms with van der Waals surface area (Å²) in [5.74, 6) is -0.227. The van der Waals surface area contributed by atoms with Crippen LogP contribution in [0.3, 0.4) is 0 Å². The summed E-state index contributed by atoms with van der Waals surface area (Å²) in [5.41, 5.74) is 1.61. The highest BCUT2D eigenvalue weighted by Gasteiger charge is 2.29. The Kier molecular flexibility index (Phi) is 2.41. The molecule has 1 aromatic carbocycles. The average molecular weight is 204 g/mol. The third-order valence-corrected chi connectivity index (χ3v) is 2.47. The Balaban J connectivity index is 2.29. The van der Waals surface area contributed by atoms with E-state index in [1.165, 1.54) is 4.90 Å². The molecule has 0 atom stereocenters. The molecule has 15 heavy (non-hydrogen) atoms. The van der Waals surface area contributed by atoms with E-state index >= 15 is 0 Å². The number of hydrogen-bond acceptors (Lipinski definition) is 3. The molecule has 4 nitrogen and oxygen atoms in total. The van der Waals surface area contributed by atoms with Crippen molar-refractivity contribution in [3.63, 3.8) is 0 Å². The molecule has 0 saturated carbocycles. The van der Waals surface area contributed by atoms with Crippen LogP contribution in [0.5, 0.6) is 0 Å². The summed E-state index contributed by atoms with van der Waals surface area (Å²) in [5, 5.41) is 2.98. The van der Waals surface area contributed by atoms with Gasteiger partial charge in [-0.05, 0) is 24.3 Å². The van der Waals surface area contributed by atoms with Gasteiger partial charge in [0.15, 0.2) is 0 Å². The minimum Gasteiger partial charge on any atom is -0.388 e. The number of rotatable bonds is 2. The largest absolute Gasteiger partial charge is 0.388 e. The van der Waals surface area contributed by atoms with Gasteiger partial charge in [0.25, 0.3) is 0 Å². The van der Waals surface area contributed by atoms with Gasteiger partial charge in [0, 0.05) is 25.6 Å². The highest BCUT2D eigenvalue weighted by Crippen LogP contribution is 2.23. The second-order valence-electron chi connectivity index (χ2n) is 3.42. The van der Waals surface area contributed by atoms with E-state index < -0.39 is 0 Å². The van der Waals surface area contributed by atoms with E-state index in [0.29, 0.717) is 18.5 Å². The zero-order valence-electron chi connectivity index (χ0n) is 8.49. The summed E-state index contributed by atoms with van der Waals surface area (Å²) in [4.78, 5) is 24.1. The number of nitrogens with one attached hydrogen (secondary N) is 1. The molecule has 2 amide bonds. The Labute approximate surface area is 87.9 Å². The lowest BCUT2D eigenvalue weighted by atomic mass is 10.2. The molecule has 1 aromatic rings. The van der Waals surface area contributed by atoms with Crippen LogP contribution in [0.1, 0.15) is 12.8 Å². The van der Waals surface area contributed by atoms with Crippen LogP contribution in [0.4, 0.5) is 11.4 Å². The lowest BCUT2D eigenvalue weighted by molar-refractivity contribution is -0.121. The Morgan fingerprint density at radius 3 is 2.07 bits per heavy atom. The van der Waals surface area contributed by atoms with E-state index in [1.807, 2.05) is 19.2 Å². The maximum atomic E-state index is 11.4. The van der Waals surface area contributed by atoms with Gasteiger partial charge < -0.3 is 5.32 Å². The van der Waals surface area contributed by atoms with Crippen molar-refractivity contribution in [3.05, 3.63) is 24.3 Å². The second-order valence-corrected chi connectivity index (χ2v) is 3.42. The van der Waals surface area contributed by atoms with Crippen LogP contribution in [-0.4, -0.2) is 18.9 Å². The van der Waals surface area contributed by atoms with Crippen LogP contribution in [0.2, 0.25) is 0 Å². The standard InChI is InChI=1S/C11H12N2O2/c1-12-8-2-4-9(5-3-8)13-10(14)6-7-11(13)15/h2-5,12H,6-7H2,1H3. The number of nitrogens with zero attached hydrogens (tertiary/aromatic N) is 1. The molecule has 0 unspecified atom stereocenters. The molecule has 1 fully saturated rings. The summed E-state index contributed by atoms with van der Waals surface area (Å²) in [6.45, 7) is 0. The molecule has 1 heterocycles. The third kappa shape index (κ3) is 1.70. The van der Waals surface area contributed by atoms with Crippen LogP contribution in [0.15, 0.2) is 24.3 Å². The summed E-state index contributed by atoms with van der Waals surface area (Å²) < 4.78 is 0. The van der Waals surface area contributed by atoms with Gasteiger partial charge in [0.05, 0.1) is 5.69 Å². The number of hydrogen-bond donors (Lipinski definition) is 1. The smallest absolute Gasteiger partial charge is 0.234 e. The topological polar surface area (TPSA) is 49.4 Å². The van der Waals surface area contributed by atoms with E-state index in [1.54, 1.807) is 12.1 Å². The van der Waals surface area contributed by atoms with Gasteiger partial charge in [0.1, 0.15) is 0 Å². The SMILES string of the molecule is CNc1ccc(N2C(=O)CCC2=O)cc1. The van der Waals surface area contributed by atoms with Crippen LogP contribution in [-0.2, 0) is 9.59 Å². The van der Waals surface area contributed by atoms with Crippen LogP contribution in [0, 0.1) is 0 Å². The molecule has 78 valence electrons.